The maximum absolute atomic E-state index is 12.8. The summed E-state index contributed by atoms with van der Waals surface area (Å²) in [6.07, 6.45) is 2.40. The van der Waals surface area contributed by atoms with Gasteiger partial charge >= 0.3 is 0 Å². The molecule has 0 aromatic carbocycles. The van der Waals surface area contributed by atoms with Crippen LogP contribution < -0.4 is 5.32 Å². The Bertz CT molecular complexity index is 709. The average Bonchev–Trinajstić information content (AvgIpc) is 3.15. The number of anilines is 1. The van der Waals surface area contributed by atoms with Crippen molar-refractivity contribution in [3.8, 4) is 0 Å². The molecule has 0 aliphatic heterocycles. The van der Waals surface area contributed by atoms with Gasteiger partial charge in [-0.15, -0.1) is 0 Å². The van der Waals surface area contributed by atoms with E-state index < -0.39 is 6.43 Å². The van der Waals surface area contributed by atoms with Gasteiger partial charge in [-0.25, -0.2) is 13.5 Å². The second-order valence-corrected chi connectivity index (χ2v) is 5.67. The van der Waals surface area contributed by atoms with Gasteiger partial charge in [-0.1, -0.05) is 0 Å². The summed E-state index contributed by atoms with van der Waals surface area (Å²) in [5.74, 6) is -0.108. The molecule has 1 aliphatic carbocycles. The molecule has 2 heterocycles. The molecule has 2 aromatic heterocycles. The number of nitrogens with one attached hydrogen (secondary N) is 1. The number of carbonyl (C=O) groups is 1. The summed E-state index contributed by atoms with van der Waals surface area (Å²) in [5.41, 5.74) is 0.940. The first-order valence-electron chi connectivity index (χ1n) is 7.82. The van der Waals surface area contributed by atoms with Gasteiger partial charge in [-0.05, 0) is 25.8 Å². The zero-order valence-corrected chi connectivity index (χ0v) is 13.3. The topological polar surface area (TPSA) is 74.0 Å². The second-order valence-electron chi connectivity index (χ2n) is 5.67. The molecule has 0 bridgehead atoms. The van der Waals surface area contributed by atoms with E-state index in [0.717, 1.165) is 12.8 Å². The molecule has 0 radical (unpaired) electrons. The lowest BCUT2D eigenvalue weighted by atomic mass is 10.2. The fraction of sp³-hybridized carbons (Fsp3) is 0.533. The number of carbonyl (C=O) groups excluding carboxylic acids is 1. The molecule has 9 heteroatoms. The number of alkyl halides is 2. The molecule has 3 rings (SSSR count). The van der Waals surface area contributed by atoms with Crippen LogP contribution in [0.3, 0.4) is 0 Å². The molecule has 0 saturated heterocycles. The third kappa shape index (κ3) is 3.97. The predicted molar refractivity (Wildman–Crippen MR) is 81.6 cm³/mol. The number of hydrogen-bond acceptors (Lipinski definition) is 4. The molecule has 1 saturated carbocycles. The smallest absolute Gasteiger partial charge is 0.282 e. The molecule has 1 N–H and O–H groups in total. The van der Waals surface area contributed by atoms with Gasteiger partial charge in [0.15, 0.2) is 0 Å². The van der Waals surface area contributed by atoms with E-state index in [1.54, 1.807) is 10.9 Å². The first-order chi connectivity index (χ1) is 11.6. The summed E-state index contributed by atoms with van der Waals surface area (Å²) in [5, 5.41) is 10.6. The van der Waals surface area contributed by atoms with Crippen molar-refractivity contribution in [2.45, 2.75) is 45.4 Å². The summed E-state index contributed by atoms with van der Waals surface area (Å²) >= 11 is 0. The molecular weight excluding hydrogens is 320 g/mol. The Morgan fingerprint density at radius 3 is 2.96 bits per heavy atom. The van der Waals surface area contributed by atoms with Gasteiger partial charge in [0, 0.05) is 18.2 Å². The van der Waals surface area contributed by atoms with Crippen LogP contribution in [0.25, 0.3) is 0 Å². The van der Waals surface area contributed by atoms with Crippen molar-refractivity contribution in [3.63, 3.8) is 0 Å². The van der Waals surface area contributed by atoms with Crippen molar-refractivity contribution >= 4 is 11.6 Å². The van der Waals surface area contributed by atoms with Crippen molar-refractivity contribution in [1.29, 1.82) is 0 Å². The Balaban J connectivity index is 1.63. The van der Waals surface area contributed by atoms with Gasteiger partial charge in [0.05, 0.1) is 18.1 Å². The zero-order valence-electron chi connectivity index (χ0n) is 13.3. The number of ether oxygens (including phenoxy) is 1. The van der Waals surface area contributed by atoms with Crippen LogP contribution in [0, 0.1) is 0 Å². The summed E-state index contributed by atoms with van der Waals surface area (Å²) in [7, 11) is 0. The van der Waals surface area contributed by atoms with E-state index in [-0.39, 0.29) is 24.1 Å². The number of aromatic nitrogens is 4. The van der Waals surface area contributed by atoms with Gasteiger partial charge in [-0.3, -0.25) is 9.48 Å². The first kappa shape index (κ1) is 16.6. The van der Waals surface area contributed by atoms with E-state index in [1.807, 2.05) is 6.92 Å². The highest BCUT2D eigenvalue weighted by Gasteiger charge is 2.30. The zero-order chi connectivity index (χ0) is 17.1. The number of nitrogens with zero attached hydrogens (tertiary/aromatic N) is 4. The van der Waals surface area contributed by atoms with E-state index in [1.165, 1.54) is 16.9 Å². The molecule has 0 atom stereocenters. The van der Waals surface area contributed by atoms with Crippen molar-refractivity contribution in [2.24, 2.45) is 0 Å². The summed E-state index contributed by atoms with van der Waals surface area (Å²) in [6, 6.07) is 1.40. The number of halogens is 2. The van der Waals surface area contributed by atoms with Crippen molar-refractivity contribution in [1.82, 2.24) is 19.6 Å². The molecule has 1 fully saturated rings. The Morgan fingerprint density at radius 1 is 1.50 bits per heavy atom. The van der Waals surface area contributed by atoms with Crippen molar-refractivity contribution in [2.75, 3.05) is 11.9 Å². The van der Waals surface area contributed by atoms with E-state index in [4.69, 9.17) is 4.74 Å². The molecule has 2 aromatic rings. The maximum Gasteiger partial charge on any atom is 0.282 e. The summed E-state index contributed by atoms with van der Waals surface area (Å²) in [4.78, 5) is 12.2. The molecule has 24 heavy (non-hydrogen) atoms. The first-order valence-corrected chi connectivity index (χ1v) is 7.82. The number of hydrogen-bond donors (Lipinski definition) is 1. The Labute approximate surface area is 137 Å². The van der Waals surface area contributed by atoms with Crippen LogP contribution in [-0.4, -0.2) is 32.1 Å². The third-order valence-corrected chi connectivity index (χ3v) is 3.69. The van der Waals surface area contributed by atoms with Gasteiger partial charge in [0.25, 0.3) is 6.43 Å². The normalized spacial score (nSPS) is 14.3. The van der Waals surface area contributed by atoms with Crippen LogP contribution in [0.1, 0.15) is 43.5 Å². The second kappa shape index (κ2) is 7.08. The van der Waals surface area contributed by atoms with Gasteiger partial charge in [-0.2, -0.15) is 10.2 Å². The van der Waals surface area contributed by atoms with Gasteiger partial charge in [0.2, 0.25) is 5.91 Å². The highest BCUT2D eigenvalue weighted by Crippen LogP contribution is 2.41. The van der Waals surface area contributed by atoms with Crippen LogP contribution in [0.4, 0.5) is 14.5 Å². The van der Waals surface area contributed by atoms with E-state index in [9.17, 15) is 13.6 Å². The van der Waals surface area contributed by atoms with Crippen LogP contribution in [0.2, 0.25) is 0 Å². The van der Waals surface area contributed by atoms with E-state index in [0.29, 0.717) is 24.7 Å². The van der Waals surface area contributed by atoms with E-state index >= 15 is 0 Å². The quantitative estimate of drug-likeness (QED) is 0.802. The Morgan fingerprint density at radius 2 is 2.29 bits per heavy atom. The van der Waals surface area contributed by atoms with Crippen LogP contribution in [0.5, 0.6) is 0 Å². The lowest BCUT2D eigenvalue weighted by Crippen LogP contribution is -2.20. The Kier molecular flexibility index (Phi) is 4.89. The van der Waals surface area contributed by atoms with Crippen molar-refractivity contribution in [3.05, 3.63) is 29.8 Å². The highest BCUT2D eigenvalue weighted by molar-refractivity contribution is 5.90. The molecule has 7 nitrogen and oxygen atoms in total. The molecule has 1 amide bonds. The predicted octanol–water partition coefficient (Wildman–Crippen LogP) is 2.53. The minimum Gasteiger partial charge on any atom is -0.360 e. The fourth-order valence-corrected chi connectivity index (χ4v) is 2.41. The van der Waals surface area contributed by atoms with Gasteiger partial charge in [0.1, 0.15) is 19.0 Å². The van der Waals surface area contributed by atoms with E-state index in [2.05, 4.69) is 15.5 Å². The maximum atomic E-state index is 12.8. The highest BCUT2D eigenvalue weighted by atomic mass is 19.3. The third-order valence-electron chi connectivity index (χ3n) is 3.69. The molecule has 0 unspecified atom stereocenters. The molecule has 0 spiro atoms. The largest absolute Gasteiger partial charge is 0.360 e. The molecular formula is C15H19F2N5O2. The minimum absolute atomic E-state index is 0.102. The van der Waals surface area contributed by atoms with Crippen LogP contribution in [0.15, 0.2) is 18.5 Å². The lowest BCUT2D eigenvalue weighted by Gasteiger charge is -2.06. The fourth-order valence-electron chi connectivity index (χ4n) is 2.41. The monoisotopic (exact) mass is 339 g/mol. The average molecular weight is 339 g/mol. The minimum atomic E-state index is -2.64. The SMILES string of the molecule is CCOCn1cc(NC(=O)Cn2nc(C(F)F)cc2C2CC2)cn1. The molecule has 1 aliphatic rings. The standard InChI is InChI=1S/C15H19F2N5O2/c1-2-24-9-21-7-11(6-18-21)19-14(23)8-22-13(10-3-4-10)5-12(20-22)15(16)17/h5-7,10,15H,2-4,8-9H2,1H3,(H,19,23). The lowest BCUT2D eigenvalue weighted by molar-refractivity contribution is -0.117. The molecule has 130 valence electrons. The van der Waals surface area contributed by atoms with Crippen LogP contribution >= 0.6 is 0 Å². The van der Waals surface area contributed by atoms with Crippen molar-refractivity contribution < 1.29 is 18.3 Å². The number of amides is 1. The summed E-state index contributed by atoms with van der Waals surface area (Å²) < 4.78 is 33.8. The Hall–Kier alpha value is -2.29. The van der Waals surface area contributed by atoms with Crippen LogP contribution in [-0.2, 0) is 22.8 Å². The number of rotatable bonds is 8. The van der Waals surface area contributed by atoms with Gasteiger partial charge < -0.3 is 10.1 Å². The summed E-state index contributed by atoms with van der Waals surface area (Å²) in [6.45, 7) is 2.64.